The molecule has 0 saturated heterocycles. The minimum Gasteiger partial charge on any atom is -0.370 e. The Morgan fingerprint density at radius 3 is 2.35 bits per heavy atom. The molecule has 3 rings (SSSR count). The summed E-state index contributed by atoms with van der Waals surface area (Å²) in [4.78, 5) is 16.7. The largest absolute Gasteiger partial charge is 0.370 e. The zero-order chi connectivity index (χ0) is 16.2. The molecule has 0 aliphatic heterocycles. The molecule has 6 nitrogen and oxygen atoms in total. The number of benzene rings is 2. The molecule has 1 heterocycles. The highest BCUT2D eigenvalue weighted by atomic mass is 16.1. The lowest BCUT2D eigenvalue weighted by Crippen LogP contribution is -2.26. The molecule has 0 aliphatic carbocycles. The predicted molar refractivity (Wildman–Crippen MR) is 91.1 cm³/mol. The van der Waals surface area contributed by atoms with Gasteiger partial charge in [0.25, 0.3) is 5.56 Å². The highest BCUT2D eigenvalue weighted by molar-refractivity contribution is 5.84. The van der Waals surface area contributed by atoms with Crippen LogP contribution in [-0.4, -0.2) is 15.7 Å². The molecule has 2 aromatic carbocycles. The van der Waals surface area contributed by atoms with E-state index in [-0.39, 0.29) is 18.1 Å². The fourth-order valence-electron chi connectivity index (χ4n) is 2.45. The Balaban J connectivity index is 2.12. The molecule has 116 valence electrons. The lowest BCUT2D eigenvalue weighted by atomic mass is 10.1. The number of nitrogens with zero attached hydrogens (tertiary/aromatic N) is 3. The van der Waals surface area contributed by atoms with Gasteiger partial charge in [0.2, 0.25) is 0 Å². The van der Waals surface area contributed by atoms with Gasteiger partial charge in [-0.3, -0.25) is 4.79 Å². The fourth-order valence-corrected chi connectivity index (χ4v) is 2.45. The number of hydrogen-bond donors (Lipinski definition) is 2. The number of aliphatic imine (C=N–C) groups is 1. The van der Waals surface area contributed by atoms with Crippen molar-refractivity contribution in [3.8, 4) is 0 Å². The Labute approximate surface area is 133 Å². The summed E-state index contributed by atoms with van der Waals surface area (Å²) in [5.74, 6) is -0.00306. The lowest BCUT2D eigenvalue weighted by Gasteiger charge is -2.10. The van der Waals surface area contributed by atoms with Gasteiger partial charge in [0.15, 0.2) is 5.96 Å². The molecule has 0 unspecified atom stereocenters. The Morgan fingerprint density at radius 2 is 1.65 bits per heavy atom. The average Bonchev–Trinajstić information content (AvgIpc) is 2.57. The average molecular weight is 307 g/mol. The van der Waals surface area contributed by atoms with Crippen LogP contribution in [0.1, 0.15) is 11.3 Å². The number of guanidine groups is 1. The third-order valence-electron chi connectivity index (χ3n) is 3.53. The third kappa shape index (κ3) is 3.21. The summed E-state index contributed by atoms with van der Waals surface area (Å²) >= 11 is 0. The van der Waals surface area contributed by atoms with E-state index in [1.807, 2.05) is 48.5 Å². The van der Waals surface area contributed by atoms with Crippen molar-refractivity contribution >= 4 is 16.7 Å². The van der Waals surface area contributed by atoms with Gasteiger partial charge in [0, 0.05) is 5.39 Å². The van der Waals surface area contributed by atoms with Crippen molar-refractivity contribution in [2.24, 2.45) is 16.5 Å². The zero-order valence-electron chi connectivity index (χ0n) is 12.5. The minimum atomic E-state index is -0.127. The van der Waals surface area contributed by atoms with Crippen LogP contribution >= 0.6 is 0 Å². The molecule has 0 atom stereocenters. The van der Waals surface area contributed by atoms with E-state index in [2.05, 4.69) is 10.1 Å². The molecular formula is C17H17N5O. The van der Waals surface area contributed by atoms with Crippen molar-refractivity contribution in [2.75, 3.05) is 0 Å². The quantitative estimate of drug-likeness (QED) is 0.559. The van der Waals surface area contributed by atoms with Crippen LogP contribution in [0.25, 0.3) is 10.8 Å². The van der Waals surface area contributed by atoms with Crippen LogP contribution in [0.15, 0.2) is 64.4 Å². The highest BCUT2D eigenvalue weighted by Gasteiger charge is 2.10. The number of nitrogens with two attached hydrogens (primary N) is 2. The van der Waals surface area contributed by atoms with Crippen LogP contribution in [0.2, 0.25) is 0 Å². The maximum Gasteiger partial charge on any atom is 0.274 e. The molecular weight excluding hydrogens is 290 g/mol. The molecule has 1 aromatic heterocycles. The van der Waals surface area contributed by atoms with Crippen LogP contribution < -0.4 is 17.0 Å². The summed E-state index contributed by atoms with van der Waals surface area (Å²) in [6.45, 7) is 0.636. The first-order valence-electron chi connectivity index (χ1n) is 7.23. The Kier molecular flexibility index (Phi) is 4.05. The highest BCUT2D eigenvalue weighted by Crippen LogP contribution is 2.14. The minimum absolute atomic E-state index is 0.00306. The first-order valence-corrected chi connectivity index (χ1v) is 7.23. The first kappa shape index (κ1) is 14.8. The van der Waals surface area contributed by atoms with Crippen LogP contribution in [0.3, 0.4) is 0 Å². The van der Waals surface area contributed by atoms with E-state index >= 15 is 0 Å². The predicted octanol–water partition coefficient (Wildman–Crippen LogP) is 1.22. The van der Waals surface area contributed by atoms with Crippen LogP contribution in [-0.2, 0) is 13.1 Å². The van der Waals surface area contributed by atoms with Crippen molar-refractivity contribution < 1.29 is 0 Å². The van der Waals surface area contributed by atoms with Gasteiger partial charge in [-0.1, -0.05) is 48.5 Å². The van der Waals surface area contributed by atoms with Crippen molar-refractivity contribution in [3.05, 3.63) is 76.2 Å². The summed E-state index contributed by atoms with van der Waals surface area (Å²) in [6.07, 6.45) is 0. The molecule has 0 aliphatic rings. The van der Waals surface area contributed by atoms with Crippen LogP contribution in [0.4, 0.5) is 0 Å². The van der Waals surface area contributed by atoms with Gasteiger partial charge >= 0.3 is 0 Å². The number of hydrogen-bond acceptors (Lipinski definition) is 3. The van der Waals surface area contributed by atoms with Crippen molar-refractivity contribution in [1.29, 1.82) is 0 Å². The summed E-state index contributed by atoms with van der Waals surface area (Å²) in [6, 6.07) is 17.1. The maximum absolute atomic E-state index is 12.6. The second-order valence-electron chi connectivity index (χ2n) is 5.18. The van der Waals surface area contributed by atoms with E-state index < -0.39 is 0 Å². The molecule has 3 aromatic rings. The van der Waals surface area contributed by atoms with E-state index in [1.54, 1.807) is 6.07 Å². The van der Waals surface area contributed by atoms with Gasteiger partial charge in [-0.25, -0.2) is 9.67 Å². The third-order valence-corrected chi connectivity index (χ3v) is 3.53. The summed E-state index contributed by atoms with van der Waals surface area (Å²) < 4.78 is 1.45. The molecule has 0 bridgehead atoms. The number of rotatable bonds is 4. The maximum atomic E-state index is 12.6. The Morgan fingerprint density at radius 1 is 1.00 bits per heavy atom. The standard InChI is InChI=1S/C17H17N5O/c18-17(19)20-10-15-13-8-4-5-9-14(13)16(23)22(21-15)11-12-6-2-1-3-7-12/h1-9H,10-11H2,(H4,18,19,20). The summed E-state index contributed by atoms with van der Waals surface area (Å²) in [7, 11) is 0. The second kappa shape index (κ2) is 6.31. The zero-order valence-corrected chi connectivity index (χ0v) is 12.5. The number of aromatic nitrogens is 2. The van der Waals surface area contributed by atoms with Crippen LogP contribution in [0.5, 0.6) is 0 Å². The van der Waals surface area contributed by atoms with E-state index in [0.717, 1.165) is 10.9 Å². The Hall–Kier alpha value is -3.15. The van der Waals surface area contributed by atoms with Gasteiger partial charge in [-0.05, 0) is 11.6 Å². The molecule has 0 saturated carbocycles. The van der Waals surface area contributed by atoms with Crippen molar-refractivity contribution in [3.63, 3.8) is 0 Å². The van der Waals surface area contributed by atoms with Gasteiger partial charge in [-0.15, -0.1) is 0 Å². The van der Waals surface area contributed by atoms with Gasteiger partial charge in [0.1, 0.15) is 0 Å². The molecule has 0 radical (unpaired) electrons. The molecule has 0 fully saturated rings. The lowest BCUT2D eigenvalue weighted by molar-refractivity contribution is 0.629. The van der Waals surface area contributed by atoms with Crippen molar-refractivity contribution in [1.82, 2.24) is 9.78 Å². The summed E-state index contributed by atoms with van der Waals surface area (Å²) in [5, 5.41) is 5.83. The molecule has 6 heteroatoms. The normalized spacial score (nSPS) is 10.6. The van der Waals surface area contributed by atoms with E-state index in [9.17, 15) is 4.79 Å². The second-order valence-corrected chi connectivity index (χ2v) is 5.18. The molecule has 4 N–H and O–H groups in total. The molecule has 0 spiro atoms. The van der Waals surface area contributed by atoms with Crippen molar-refractivity contribution in [2.45, 2.75) is 13.1 Å². The molecule has 23 heavy (non-hydrogen) atoms. The van der Waals surface area contributed by atoms with Gasteiger partial charge in [-0.2, -0.15) is 5.10 Å². The Bertz CT molecular complexity index is 911. The number of fused-ring (bicyclic) bond motifs is 1. The van der Waals surface area contributed by atoms with E-state index in [1.165, 1.54) is 4.68 Å². The smallest absolute Gasteiger partial charge is 0.274 e. The van der Waals surface area contributed by atoms with Crippen LogP contribution in [0, 0.1) is 0 Å². The van der Waals surface area contributed by atoms with Gasteiger partial charge < -0.3 is 11.5 Å². The monoisotopic (exact) mass is 307 g/mol. The summed E-state index contributed by atoms with van der Waals surface area (Å²) in [5.41, 5.74) is 12.4. The van der Waals surface area contributed by atoms with E-state index in [4.69, 9.17) is 11.5 Å². The van der Waals surface area contributed by atoms with Gasteiger partial charge in [0.05, 0.1) is 24.2 Å². The van der Waals surface area contributed by atoms with E-state index in [0.29, 0.717) is 17.6 Å². The SMILES string of the molecule is NC(N)=NCc1nn(Cc2ccccc2)c(=O)c2ccccc12. The molecule has 0 amide bonds. The fraction of sp³-hybridized carbons (Fsp3) is 0.118. The topological polar surface area (TPSA) is 99.3 Å². The first-order chi connectivity index (χ1) is 11.1.